The van der Waals surface area contributed by atoms with Crippen LogP contribution in [0.3, 0.4) is 0 Å². The number of nitrogens with two attached hydrogens (primary N) is 1. The number of rotatable bonds is 6. The lowest BCUT2D eigenvalue weighted by Crippen LogP contribution is -2.12. The third-order valence-electron chi connectivity index (χ3n) is 4.28. The second kappa shape index (κ2) is 6.94. The SMILES string of the molecule is CCCc1cccc(C(N)CCC2CCCC2)c1. The van der Waals surface area contributed by atoms with Crippen molar-refractivity contribution in [3.63, 3.8) is 0 Å². The predicted octanol–water partition coefficient (Wildman–Crippen LogP) is 4.61. The topological polar surface area (TPSA) is 26.0 Å². The van der Waals surface area contributed by atoms with Crippen LogP contribution in [0.1, 0.15) is 69.0 Å². The summed E-state index contributed by atoms with van der Waals surface area (Å²) >= 11 is 0. The van der Waals surface area contributed by atoms with Crippen molar-refractivity contribution >= 4 is 0 Å². The molecule has 0 heterocycles. The van der Waals surface area contributed by atoms with E-state index >= 15 is 0 Å². The van der Waals surface area contributed by atoms with Crippen molar-refractivity contribution in [1.82, 2.24) is 0 Å². The molecule has 1 saturated carbocycles. The summed E-state index contributed by atoms with van der Waals surface area (Å²) in [5, 5.41) is 0. The van der Waals surface area contributed by atoms with Gasteiger partial charge in [0.25, 0.3) is 0 Å². The van der Waals surface area contributed by atoms with Crippen LogP contribution in [0.2, 0.25) is 0 Å². The molecule has 1 aliphatic carbocycles. The van der Waals surface area contributed by atoms with Crippen LogP contribution in [0.4, 0.5) is 0 Å². The Hall–Kier alpha value is -0.820. The summed E-state index contributed by atoms with van der Waals surface area (Å²) in [4.78, 5) is 0. The summed E-state index contributed by atoms with van der Waals surface area (Å²) in [7, 11) is 0. The number of aryl methyl sites for hydroxylation is 1. The van der Waals surface area contributed by atoms with Crippen LogP contribution in [0.15, 0.2) is 24.3 Å². The van der Waals surface area contributed by atoms with Crippen LogP contribution in [0, 0.1) is 5.92 Å². The van der Waals surface area contributed by atoms with Crippen LogP contribution in [-0.4, -0.2) is 0 Å². The van der Waals surface area contributed by atoms with Crippen molar-refractivity contribution in [3.05, 3.63) is 35.4 Å². The molecule has 0 radical (unpaired) electrons. The average molecular weight is 245 g/mol. The Labute approximate surface area is 112 Å². The number of benzene rings is 1. The Balaban J connectivity index is 1.86. The molecule has 0 bridgehead atoms. The fourth-order valence-electron chi connectivity index (χ4n) is 3.15. The minimum absolute atomic E-state index is 0.238. The van der Waals surface area contributed by atoms with Gasteiger partial charge in [0.05, 0.1) is 0 Å². The van der Waals surface area contributed by atoms with Gasteiger partial charge in [0.1, 0.15) is 0 Å². The lowest BCUT2D eigenvalue weighted by Gasteiger charge is -2.16. The van der Waals surface area contributed by atoms with E-state index in [-0.39, 0.29) is 6.04 Å². The molecule has 0 amide bonds. The van der Waals surface area contributed by atoms with Gasteiger partial charge >= 0.3 is 0 Å². The zero-order chi connectivity index (χ0) is 12.8. The molecule has 100 valence electrons. The number of hydrogen-bond acceptors (Lipinski definition) is 1. The van der Waals surface area contributed by atoms with E-state index in [1.165, 1.54) is 56.1 Å². The van der Waals surface area contributed by atoms with Gasteiger partial charge < -0.3 is 5.73 Å². The van der Waals surface area contributed by atoms with E-state index in [1.54, 1.807) is 0 Å². The van der Waals surface area contributed by atoms with E-state index < -0.39 is 0 Å². The largest absolute Gasteiger partial charge is 0.324 e. The second-order valence-corrected chi connectivity index (χ2v) is 5.83. The van der Waals surface area contributed by atoms with Crippen molar-refractivity contribution in [2.75, 3.05) is 0 Å². The average Bonchev–Trinajstić information content (AvgIpc) is 2.90. The first-order valence-corrected chi connectivity index (χ1v) is 7.64. The minimum atomic E-state index is 0.238. The van der Waals surface area contributed by atoms with Crippen molar-refractivity contribution in [3.8, 4) is 0 Å². The smallest absolute Gasteiger partial charge is 0.0295 e. The lowest BCUT2D eigenvalue weighted by atomic mass is 9.94. The molecular formula is C17H27N. The summed E-state index contributed by atoms with van der Waals surface area (Å²) in [6.07, 6.45) is 10.6. The van der Waals surface area contributed by atoms with E-state index in [1.807, 2.05) is 0 Å². The van der Waals surface area contributed by atoms with Crippen molar-refractivity contribution in [1.29, 1.82) is 0 Å². The van der Waals surface area contributed by atoms with Gasteiger partial charge in [0.2, 0.25) is 0 Å². The first-order chi connectivity index (χ1) is 8.79. The maximum absolute atomic E-state index is 6.34. The third kappa shape index (κ3) is 3.84. The van der Waals surface area contributed by atoms with Gasteiger partial charge in [-0.1, -0.05) is 63.3 Å². The molecule has 1 unspecified atom stereocenters. The molecule has 1 nitrogen and oxygen atoms in total. The molecule has 1 aromatic carbocycles. The highest BCUT2D eigenvalue weighted by atomic mass is 14.6. The fourth-order valence-corrected chi connectivity index (χ4v) is 3.15. The molecule has 1 heteroatoms. The standard InChI is InChI=1S/C17H27N/c1-2-6-15-9-5-10-16(13-15)17(18)12-11-14-7-3-4-8-14/h5,9-10,13-14,17H,2-4,6-8,11-12,18H2,1H3. The van der Waals surface area contributed by atoms with Crippen LogP contribution in [0.5, 0.6) is 0 Å². The third-order valence-corrected chi connectivity index (χ3v) is 4.28. The summed E-state index contributed by atoms with van der Waals surface area (Å²) in [5.74, 6) is 0.954. The molecule has 2 rings (SSSR count). The molecule has 2 N–H and O–H groups in total. The minimum Gasteiger partial charge on any atom is -0.324 e. The van der Waals surface area contributed by atoms with Crippen molar-refractivity contribution in [2.24, 2.45) is 11.7 Å². The fraction of sp³-hybridized carbons (Fsp3) is 0.647. The van der Waals surface area contributed by atoms with Gasteiger partial charge in [-0.15, -0.1) is 0 Å². The Bertz CT molecular complexity index is 352. The molecule has 0 aromatic heterocycles. The summed E-state index contributed by atoms with van der Waals surface area (Å²) in [5.41, 5.74) is 9.11. The lowest BCUT2D eigenvalue weighted by molar-refractivity contribution is 0.454. The molecule has 0 saturated heterocycles. The monoisotopic (exact) mass is 245 g/mol. The van der Waals surface area contributed by atoms with E-state index in [0.717, 1.165) is 12.3 Å². The second-order valence-electron chi connectivity index (χ2n) is 5.83. The van der Waals surface area contributed by atoms with Gasteiger partial charge in [-0.05, 0) is 36.3 Å². The van der Waals surface area contributed by atoms with Crippen molar-refractivity contribution in [2.45, 2.75) is 64.3 Å². The highest BCUT2D eigenvalue weighted by Crippen LogP contribution is 2.30. The highest BCUT2D eigenvalue weighted by molar-refractivity contribution is 5.26. The molecule has 1 aliphatic rings. The van der Waals surface area contributed by atoms with Crippen molar-refractivity contribution < 1.29 is 0 Å². The normalized spacial score (nSPS) is 18.1. The molecular weight excluding hydrogens is 218 g/mol. The summed E-state index contributed by atoms with van der Waals surface area (Å²) < 4.78 is 0. The van der Waals surface area contributed by atoms with E-state index in [0.29, 0.717) is 0 Å². The van der Waals surface area contributed by atoms with Gasteiger partial charge in [-0.3, -0.25) is 0 Å². The van der Waals surface area contributed by atoms with Crippen LogP contribution >= 0.6 is 0 Å². The quantitative estimate of drug-likeness (QED) is 0.778. The van der Waals surface area contributed by atoms with Gasteiger partial charge in [-0.25, -0.2) is 0 Å². The molecule has 1 fully saturated rings. The van der Waals surface area contributed by atoms with E-state index in [9.17, 15) is 0 Å². The maximum atomic E-state index is 6.34. The Morgan fingerprint density at radius 3 is 2.78 bits per heavy atom. The van der Waals surface area contributed by atoms with E-state index in [2.05, 4.69) is 31.2 Å². The van der Waals surface area contributed by atoms with Gasteiger partial charge in [0, 0.05) is 6.04 Å². The Kier molecular flexibility index (Phi) is 5.25. The van der Waals surface area contributed by atoms with Crippen LogP contribution in [0.25, 0.3) is 0 Å². The van der Waals surface area contributed by atoms with Crippen LogP contribution in [-0.2, 0) is 6.42 Å². The molecule has 1 atom stereocenters. The van der Waals surface area contributed by atoms with Gasteiger partial charge in [-0.2, -0.15) is 0 Å². The molecule has 1 aromatic rings. The maximum Gasteiger partial charge on any atom is 0.0295 e. The molecule has 18 heavy (non-hydrogen) atoms. The van der Waals surface area contributed by atoms with Gasteiger partial charge in [0.15, 0.2) is 0 Å². The summed E-state index contributed by atoms with van der Waals surface area (Å²) in [6, 6.07) is 9.12. The zero-order valence-corrected chi connectivity index (χ0v) is 11.7. The Morgan fingerprint density at radius 1 is 1.28 bits per heavy atom. The first-order valence-electron chi connectivity index (χ1n) is 7.64. The summed E-state index contributed by atoms with van der Waals surface area (Å²) in [6.45, 7) is 2.23. The zero-order valence-electron chi connectivity index (χ0n) is 11.7. The number of hydrogen-bond donors (Lipinski definition) is 1. The molecule has 0 spiro atoms. The first kappa shape index (κ1) is 13.6. The van der Waals surface area contributed by atoms with E-state index in [4.69, 9.17) is 5.73 Å². The predicted molar refractivity (Wildman–Crippen MR) is 78.6 cm³/mol. The molecule has 0 aliphatic heterocycles. The van der Waals surface area contributed by atoms with Crippen LogP contribution < -0.4 is 5.73 Å². The highest BCUT2D eigenvalue weighted by Gasteiger charge is 2.16. The Morgan fingerprint density at radius 2 is 2.06 bits per heavy atom.